The Hall–Kier alpha value is -4.55. The van der Waals surface area contributed by atoms with Crippen molar-refractivity contribution < 1.29 is 27.0 Å². The summed E-state index contributed by atoms with van der Waals surface area (Å²) < 4.78 is 60.7. The van der Waals surface area contributed by atoms with E-state index in [0.717, 1.165) is 16.9 Å². The van der Waals surface area contributed by atoms with E-state index < -0.39 is 25.2 Å². The largest absolute Gasteiger partial charge is 0.472 e. The number of anilines is 1. The molecule has 0 saturated heterocycles. The number of aromatic nitrogens is 4. The molecule has 3 aromatic heterocycles. The molecule has 200 valence electrons. The van der Waals surface area contributed by atoms with Crippen LogP contribution in [0.1, 0.15) is 19.4 Å². The van der Waals surface area contributed by atoms with Crippen LogP contribution in [0.25, 0.3) is 27.8 Å². The fraction of sp³-hybridized carbons (Fsp3) is 0.240. The highest BCUT2D eigenvalue weighted by molar-refractivity contribution is 5.91. The van der Waals surface area contributed by atoms with Crippen molar-refractivity contribution in [2.45, 2.75) is 26.9 Å². The maximum absolute atomic E-state index is 13.6. The van der Waals surface area contributed by atoms with Gasteiger partial charge in [0.15, 0.2) is 6.61 Å². The summed E-state index contributed by atoms with van der Waals surface area (Å²) in [5.41, 5.74) is 7.12. The van der Waals surface area contributed by atoms with Gasteiger partial charge >= 0.3 is 6.61 Å². The molecule has 1 aromatic carbocycles. The number of benzene rings is 1. The van der Waals surface area contributed by atoms with Crippen molar-refractivity contribution >= 4 is 22.9 Å². The number of hydrogen-bond acceptors (Lipinski definition) is 8. The van der Waals surface area contributed by atoms with E-state index in [-0.39, 0.29) is 33.9 Å². The molecule has 0 bridgehead atoms. The second kappa shape index (κ2) is 12.6. The Labute approximate surface area is 214 Å². The minimum Gasteiger partial charge on any atom is -0.472 e. The van der Waals surface area contributed by atoms with Gasteiger partial charge in [-0.05, 0) is 30.3 Å². The van der Waals surface area contributed by atoms with Crippen LogP contribution in [0, 0.1) is 0 Å². The third-order valence-corrected chi connectivity index (χ3v) is 4.87. The zero-order chi connectivity index (χ0) is 27.8. The van der Waals surface area contributed by atoms with Gasteiger partial charge in [-0.25, -0.2) is 18.7 Å². The van der Waals surface area contributed by atoms with Crippen molar-refractivity contribution in [3.05, 3.63) is 64.6 Å². The summed E-state index contributed by atoms with van der Waals surface area (Å²) in [6.07, 6.45) is -0.0535. The smallest absolute Gasteiger partial charge is 0.388 e. The van der Waals surface area contributed by atoms with Crippen LogP contribution in [0.5, 0.6) is 11.8 Å². The number of aliphatic imine (C=N–C) groups is 1. The summed E-state index contributed by atoms with van der Waals surface area (Å²) in [5, 5.41) is 4.36. The number of nitrogens with two attached hydrogens (primary N) is 1. The Bertz CT molecular complexity index is 1480. The first-order chi connectivity index (χ1) is 18.3. The first kappa shape index (κ1) is 28.0. The van der Waals surface area contributed by atoms with Crippen molar-refractivity contribution in [3.8, 4) is 28.6 Å². The van der Waals surface area contributed by atoms with Gasteiger partial charge < -0.3 is 15.2 Å². The Morgan fingerprint density at radius 3 is 2.45 bits per heavy atom. The molecular formula is C25H24F4N6O3. The zero-order valence-electron chi connectivity index (χ0n) is 20.6. The predicted molar refractivity (Wildman–Crippen MR) is 136 cm³/mol. The Morgan fingerprint density at radius 2 is 1.82 bits per heavy atom. The molecule has 0 aliphatic rings. The molecule has 0 amide bonds. The van der Waals surface area contributed by atoms with E-state index in [4.69, 9.17) is 10.5 Å². The van der Waals surface area contributed by atoms with Gasteiger partial charge in [-0.1, -0.05) is 13.8 Å². The number of nitrogens with zero attached hydrogens (tertiary/aromatic N) is 5. The molecule has 0 atom stereocenters. The molecule has 0 fully saturated rings. The van der Waals surface area contributed by atoms with E-state index >= 15 is 0 Å². The monoisotopic (exact) mass is 532 g/mol. The highest BCUT2D eigenvalue weighted by Gasteiger charge is 2.19. The number of ether oxygens (including phenoxy) is 2. The quantitative estimate of drug-likeness (QED) is 0.198. The molecule has 0 aliphatic heterocycles. The second-order valence-electron chi connectivity index (χ2n) is 7.28. The third-order valence-electron chi connectivity index (χ3n) is 4.87. The van der Waals surface area contributed by atoms with Crippen LogP contribution in [0.3, 0.4) is 0 Å². The molecule has 4 aromatic rings. The Kier molecular flexibility index (Phi) is 9.30. The summed E-state index contributed by atoms with van der Waals surface area (Å²) >= 11 is 0. The average molecular weight is 532 g/mol. The number of fused-ring (bicyclic) bond motifs is 1. The van der Waals surface area contributed by atoms with Crippen LogP contribution in [0.15, 0.2) is 58.4 Å². The number of halogens is 4. The molecule has 0 saturated carbocycles. The fourth-order valence-electron chi connectivity index (χ4n) is 3.36. The summed E-state index contributed by atoms with van der Waals surface area (Å²) in [6, 6.07) is 10.1. The van der Waals surface area contributed by atoms with Crippen molar-refractivity contribution in [3.63, 3.8) is 0 Å². The first-order valence-electron chi connectivity index (χ1n) is 11.3. The number of rotatable bonds is 8. The van der Waals surface area contributed by atoms with Gasteiger partial charge in [-0.3, -0.25) is 9.79 Å². The van der Waals surface area contributed by atoms with Gasteiger partial charge in [0, 0.05) is 48.4 Å². The van der Waals surface area contributed by atoms with Gasteiger partial charge in [0.25, 0.3) is 12.0 Å². The summed E-state index contributed by atoms with van der Waals surface area (Å²) in [4.78, 5) is 25.6. The Morgan fingerprint density at radius 1 is 1.08 bits per heavy atom. The van der Waals surface area contributed by atoms with Crippen LogP contribution in [0.4, 0.5) is 23.2 Å². The molecule has 4 rings (SSSR count). The summed E-state index contributed by atoms with van der Waals surface area (Å²) in [6.45, 7) is 0.0251. The molecular weight excluding hydrogens is 508 g/mol. The SMILES string of the molecule is CC.CN=Cc1cc(-n2nc3ccc(OCC(F)F)nc3c(-c3ccc(OC(F)F)nc3)c2=O)ccc1N. The minimum atomic E-state index is -3.08. The highest BCUT2D eigenvalue weighted by Crippen LogP contribution is 2.27. The Balaban J connectivity index is 0.00000195. The van der Waals surface area contributed by atoms with Crippen LogP contribution in [0.2, 0.25) is 0 Å². The molecule has 13 heteroatoms. The van der Waals surface area contributed by atoms with E-state index in [0.29, 0.717) is 16.9 Å². The van der Waals surface area contributed by atoms with Crippen molar-refractivity contribution in [2.24, 2.45) is 4.99 Å². The molecule has 0 aliphatic carbocycles. The van der Waals surface area contributed by atoms with Crippen molar-refractivity contribution in [2.75, 3.05) is 19.4 Å². The van der Waals surface area contributed by atoms with Gasteiger partial charge in [-0.15, -0.1) is 0 Å². The van der Waals surface area contributed by atoms with Gasteiger partial charge in [-0.2, -0.15) is 18.6 Å². The van der Waals surface area contributed by atoms with Crippen LogP contribution < -0.4 is 20.8 Å². The lowest BCUT2D eigenvalue weighted by Crippen LogP contribution is -2.24. The van der Waals surface area contributed by atoms with E-state index in [1.165, 1.54) is 24.4 Å². The van der Waals surface area contributed by atoms with Gasteiger partial charge in [0.2, 0.25) is 11.8 Å². The van der Waals surface area contributed by atoms with Crippen molar-refractivity contribution in [1.29, 1.82) is 0 Å². The molecule has 2 N–H and O–H groups in total. The number of nitrogen functional groups attached to an aromatic ring is 1. The van der Waals surface area contributed by atoms with E-state index in [1.807, 2.05) is 13.8 Å². The lowest BCUT2D eigenvalue weighted by atomic mass is 10.1. The predicted octanol–water partition coefficient (Wildman–Crippen LogP) is 4.75. The molecule has 0 radical (unpaired) electrons. The minimum absolute atomic E-state index is 0.0128. The van der Waals surface area contributed by atoms with Crippen LogP contribution >= 0.6 is 0 Å². The topological polar surface area (TPSA) is 118 Å². The normalized spacial score (nSPS) is 11.2. The maximum Gasteiger partial charge on any atom is 0.388 e. The zero-order valence-corrected chi connectivity index (χ0v) is 20.6. The van der Waals surface area contributed by atoms with Crippen LogP contribution in [-0.4, -0.2) is 52.7 Å². The molecule has 9 nitrogen and oxygen atoms in total. The van der Waals surface area contributed by atoms with Gasteiger partial charge in [0.1, 0.15) is 11.0 Å². The van der Waals surface area contributed by atoms with E-state index in [9.17, 15) is 22.4 Å². The van der Waals surface area contributed by atoms with Crippen LogP contribution in [-0.2, 0) is 0 Å². The average Bonchev–Trinajstić information content (AvgIpc) is 2.90. The fourth-order valence-corrected chi connectivity index (χ4v) is 3.36. The summed E-state index contributed by atoms with van der Waals surface area (Å²) in [5.74, 6) is -0.508. The number of pyridine rings is 2. The third kappa shape index (κ3) is 6.41. The highest BCUT2D eigenvalue weighted by atomic mass is 19.3. The maximum atomic E-state index is 13.6. The molecule has 3 heterocycles. The molecule has 0 spiro atoms. The van der Waals surface area contributed by atoms with Gasteiger partial charge in [0.05, 0.1) is 11.3 Å². The molecule has 0 unspecified atom stereocenters. The second-order valence-corrected chi connectivity index (χ2v) is 7.28. The lowest BCUT2D eigenvalue weighted by molar-refractivity contribution is -0.0528. The first-order valence-corrected chi connectivity index (χ1v) is 11.3. The molecule has 38 heavy (non-hydrogen) atoms. The van der Waals surface area contributed by atoms with E-state index in [1.54, 1.807) is 25.2 Å². The standard InChI is InChI=1S/C23H18F4N6O3.C2H6/c1-29-9-13-8-14(3-4-15(13)28)33-22(34)20(12-2-6-18(30-10-12)36-23(26)27)21-16(32-33)5-7-19(31-21)35-11-17(24)25;1-2/h2-10,17,23H,11,28H2,1H3;1-2H3. The van der Waals surface area contributed by atoms with E-state index in [2.05, 4.69) is 24.8 Å². The lowest BCUT2D eigenvalue weighted by Gasteiger charge is -2.13. The van der Waals surface area contributed by atoms with Crippen molar-refractivity contribution in [1.82, 2.24) is 19.7 Å². The summed E-state index contributed by atoms with van der Waals surface area (Å²) in [7, 11) is 1.57. The number of alkyl halides is 4. The number of hydrogen-bond donors (Lipinski definition) is 1.